The van der Waals surface area contributed by atoms with Crippen molar-refractivity contribution in [3.8, 4) is 11.1 Å². The molecular weight excluding hydrogens is 424 g/mol. The SMILES string of the molecule is O=C(O)c1ccc2c(c1)CC[C@H]1CN(S(=O)(=O)c3ccccc3-c3ccccc3)CCN21. The summed E-state index contributed by atoms with van der Waals surface area (Å²) in [5.41, 5.74) is 3.93. The molecule has 2 aliphatic rings. The Balaban J connectivity index is 1.43. The molecule has 0 unspecified atom stereocenters. The molecule has 7 heteroatoms. The number of hydrogen-bond acceptors (Lipinski definition) is 4. The molecule has 0 radical (unpaired) electrons. The Morgan fingerprint density at radius 2 is 1.69 bits per heavy atom. The van der Waals surface area contributed by atoms with Crippen LogP contribution in [-0.2, 0) is 16.4 Å². The van der Waals surface area contributed by atoms with E-state index in [0.717, 1.165) is 29.7 Å². The van der Waals surface area contributed by atoms with Crippen LogP contribution < -0.4 is 4.90 Å². The highest BCUT2D eigenvalue weighted by Crippen LogP contribution is 2.36. The van der Waals surface area contributed by atoms with Crippen molar-refractivity contribution in [2.24, 2.45) is 0 Å². The Morgan fingerprint density at radius 3 is 2.47 bits per heavy atom. The van der Waals surface area contributed by atoms with Gasteiger partial charge in [-0.15, -0.1) is 0 Å². The summed E-state index contributed by atoms with van der Waals surface area (Å²) in [7, 11) is -3.66. The van der Waals surface area contributed by atoms with Gasteiger partial charge in [0.15, 0.2) is 0 Å². The van der Waals surface area contributed by atoms with Gasteiger partial charge in [0.05, 0.1) is 10.5 Å². The zero-order valence-corrected chi connectivity index (χ0v) is 18.3. The fourth-order valence-corrected chi connectivity index (χ4v) is 6.50. The van der Waals surface area contributed by atoms with Gasteiger partial charge in [-0.25, -0.2) is 13.2 Å². The number of rotatable bonds is 4. The van der Waals surface area contributed by atoms with E-state index in [-0.39, 0.29) is 6.04 Å². The zero-order chi connectivity index (χ0) is 22.3. The molecule has 0 spiro atoms. The third-order valence-corrected chi connectivity index (χ3v) is 8.34. The van der Waals surface area contributed by atoms with E-state index in [9.17, 15) is 18.3 Å². The van der Waals surface area contributed by atoms with Crippen LogP contribution in [0.3, 0.4) is 0 Å². The summed E-state index contributed by atoms with van der Waals surface area (Å²) in [6.07, 6.45) is 1.54. The molecule has 3 aromatic carbocycles. The third kappa shape index (κ3) is 3.57. The van der Waals surface area contributed by atoms with E-state index in [4.69, 9.17) is 0 Å². The predicted molar refractivity (Wildman–Crippen MR) is 123 cm³/mol. The minimum absolute atomic E-state index is 0.0746. The second-order valence-electron chi connectivity index (χ2n) is 8.26. The van der Waals surface area contributed by atoms with Gasteiger partial charge in [-0.3, -0.25) is 0 Å². The number of aryl methyl sites for hydroxylation is 1. The van der Waals surface area contributed by atoms with Crippen LogP contribution in [0, 0.1) is 0 Å². The summed E-state index contributed by atoms with van der Waals surface area (Å²) in [6.45, 7) is 1.39. The van der Waals surface area contributed by atoms with Crippen LogP contribution in [0.5, 0.6) is 0 Å². The van der Waals surface area contributed by atoms with Crippen molar-refractivity contribution in [1.82, 2.24) is 4.31 Å². The highest BCUT2D eigenvalue weighted by Gasteiger charge is 2.37. The molecule has 5 rings (SSSR count). The van der Waals surface area contributed by atoms with Crippen LogP contribution in [0.4, 0.5) is 5.69 Å². The number of fused-ring (bicyclic) bond motifs is 3. The van der Waals surface area contributed by atoms with Crippen molar-refractivity contribution in [2.45, 2.75) is 23.8 Å². The molecule has 0 aromatic heterocycles. The number of sulfonamides is 1. The quantitative estimate of drug-likeness (QED) is 0.656. The van der Waals surface area contributed by atoms with Crippen LogP contribution >= 0.6 is 0 Å². The van der Waals surface area contributed by atoms with Gasteiger partial charge in [0, 0.05) is 36.9 Å². The van der Waals surface area contributed by atoms with Crippen molar-refractivity contribution in [3.05, 3.63) is 83.9 Å². The van der Waals surface area contributed by atoms with E-state index in [1.165, 1.54) is 0 Å². The Labute approximate surface area is 187 Å². The molecule has 2 heterocycles. The van der Waals surface area contributed by atoms with Crippen molar-refractivity contribution >= 4 is 21.7 Å². The molecule has 0 aliphatic carbocycles. The predicted octanol–water partition coefficient (Wildman–Crippen LogP) is 3.88. The number of anilines is 1. The summed E-state index contributed by atoms with van der Waals surface area (Å²) in [5.74, 6) is -0.928. The van der Waals surface area contributed by atoms with Crippen LogP contribution in [0.15, 0.2) is 77.7 Å². The minimum atomic E-state index is -3.66. The van der Waals surface area contributed by atoms with Gasteiger partial charge in [-0.1, -0.05) is 48.5 Å². The highest BCUT2D eigenvalue weighted by atomic mass is 32.2. The molecular formula is C25H24N2O4S. The van der Waals surface area contributed by atoms with E-state index in [1.54, 1.807) is 28.6 Å². The van der Waals surface area contributed by atoms with Crippen molar-refractivity contribution in [3.63, 3.8) is 0 Å². The van der Waals surface area contributed by atoms with Crippen molar-refractivity contribution in [1.29, 1.82) is 0 Å². The molecule has 164 valence electrons. The van der Waals surface area contributed by atoms with Gasteiger partial charge in [0.1, 0.15) is 0 Å². The van der Waals surface area contributed by atoms with Gasteiger partial charge in [0.2, 0.25) is 10.0 Å². The van der Waals surface area contributed by atoms with Gasteiger partial charge < -0.3 is 10.0 Å². The zero-order valence-electron chi connectivity index (χ0n) is 17.5. The van der Waals surface area contributed by atoms with E-state index < -0.39 is 16.0 Å². The summed E-state index contributed by atoms with van der Waals surface area (Å²) in [4.78, 5) is 13.9. The lowest BCUT2D eigenvalue weighted by atomic mass is 9.93. The third-order valence-electron chi connectivity index (χ3n) is 6.42. The topological polar surface area (TPSA) is 77.9 Å². The first kappa shape index (κ1) is 20.7. The highest BCUT2D eigenvalue weighted by molar-refractivity contribution is 7.89. The second kappa shape index (κ2) is 8.07. The number of hydrogen-bond donors (Lipinski definition) is 1. The molecule has 1 N–H and O–H groups in total. The largest absolute Gasteiger partial charge is 0.478 e. The lowest BCUT2D eigenvalue weighted by Crippen LogP contribution is -2.56. The number of carboxylic acids is 1. The summed E-state index contributed by atoms with van der Waals surface area (Å²) < 4.78 is 28.9. The fourth-order valence-electron chi connectivity index (χ4n) is 4.82. The summed E-state index contributed by atoms with van der Waals surface area (Å²) >= 11 is 0. The van der Waals surface area contributed by atoms with Crippen LogP contribution in [0.2, 0.25) is 0 Å². The Morgan fingerprint density at radius 1 is 0.938 bits per heavy atom. The molecule has 1 atom stereocenters. The number of carboxylic acid groups (broad SMARTS) is 1. The maximum absolute atomic E-state index is 13.7. The summed E-state index contributed by atoms with van der Waals surface area (Å²) in [6, 6.07) is 22.1. The first-order chi connectivity index (χ1) is 15.4. The Kier molecular flexibility index (Phi) is 5.23. The molecule has 6 nitrogen and oxygen atoms in total. The first-order valence-corrected chi connectivity index (χ1v) is 12.2. The number of carbonyl (C=O) groups is 1. The molecule has 2 aliphatic heterocycles. The Bertz CT molecular complexity index is 1270. The van der Waals surface area contributed by atoms with Crippen molar-refractivity contribution in [2.75, 3.05) is 24.5 Å². The minimum Gasteiger partial charge on any atom is -0.478 e. The lowest BCUT2D eigenvalue weighted by Gasteiger charge is -2.45. The molecule has 0 saturated carbocycles. The fraction of sp³-hybridized carbons (Fsp3) is 0.240. The maximum atomic E-state index is 13.7. The molecule has 0 amide bonds. The second-order valence-corrected chi connectivity index (χ2v) is 10.2. The standard InChI is InChI=1S/C25H24N2O4S/c28-25(29)20-11-13-23-19(16-20)10-12-21-17-26(14-15-27(21)23)32(30,31)24-9-5-4-8-22(24)18-6-2-1-3-7-18/h1-9,11,13,16,21H,10,12,14-15,17H2,(H,28,29)/t21-/m0/s1. The maximum Gasteiger partial charge on any atom is 0.335 e. The van der Waals surface area contributed by atoms with E-state index in [0.29, 0.717) is 35.7 Å². The monoisotopic (exact) mass is 448 g/mol. The smallest absolute Gasteiger partial charge is 0.335 e. The number of piperazine rings is 1. The molecule has 1 fully saturated rings. The van der Waals surface area contributed by atoms with Gasteiger partial charge in [-0.05, 0) is 48.2 Å². The first-order valence-electron chi connectivity index (χ1n) is 10.7. The Hall–Kier alpha value is -3.16. The van der Waals surface area contributed by atoms with Gasteiger partial charge >= 0.3 is 5.97 Å². The van der Waals surface area contributed by atoms with E-state index >= 15 is 0 Å². The van der Waals surface area contributed by atoms with Crippen molar-refractivity contribution < 1.29 is 18.3 Å². The molecule has 32 heavy (non-hydrogen) atoms. The molecule has 0 bridgehead atoms. The number of aromatic carboxylic acids is 1. The number of nitrogens with zero attached hydrogens (tertiary/aromatic N) is 2. The number of benzene rings is 3. The average Bonchev–Trinajstić information content (AvgIpc) is 2.83. The van der Waals surface area contributed by atoms with Crippen LogP contribution in [0.1, 0.15) is 22.3 Å². The lowest BCUT2D eigenvalue weighted by molar-refractivity contribution is 0.0696. The van der Waals surface area contributed by atoms with Gasteiger partial charge in [-0.2, -0.15) is 4.31 Å². The summed E-state index contributed by atoms with van der Waals surface area (Å²) in [5, 5.41) is 9.27. The normalized spacial score (nSPS) is 18.6. The van der Waals surface area contributed by atoms with Gasteiger partial charge in [0.25, 0.3) is 0 Å². The molecule has 1 saturated heterocycles. The average molecular weight is 449 g/mol. The van der Waals surface area contributed by atoms with Crippen LogP contribution in [0.25, 0.3) is 11.1 Å². The molecule has 3 aromatic rings. The van der Waals surface area contributed by atoms with E-state index in [2.05, 4.69) is 4.90 Å². The van der Waals surface area contributed by atoms with E-state index in [1.807, 2.05) is 48.5 Å². The van der Waals surface area contributed by atoms with Crippen LogP contribution in [-0.4, -0.2) is 49.5 Å².